The first-order valence-electron chi connectivity index (χ1n) is 6.32. The van der Waals surface area contributed by atoms with E-state index >= 15 is 0 Å². The highest BCUT2D eigenvalue weighted by Crippen LogP contribution is 2.20. The SMILES string of the molecule is CN(CCc1cccs1)c1ccccc1CCN. The zero-order chi connectivity index (χ0) is 12.8. The van der Waals surface area contributed by atoms with Crippen molar-refractivity contribution >= 4 is 17.0 Å². The summed E-state index contributed by atoms with van der Waals surface area (Å²) in [5.41, 5.74) is 8.31. The number of hydrogen-bond acceptors (Lipinski definition) is 3. The van der Waals surface area contributed by atoms with Crippen molar-refractivity contribution in [3.05, 3.63) is 52.2 Å². The second-order valence-electron chi connectivity index (χ2n) is 4.42. The number of rotatable bonds is 6. The lowest BCUT2D eigenvalue weighted by molar-refractivity contribution is 0.869. The molecule has 3 heteroatoms. The van der Waals surface area contributed by atoms with Crippen molar-refractivity contribution in [1.82, 2.24) is 0 Å². The highest BCUT2D eigenvalue weighted by atomic mass is 32.1. The Bertz CT molecular complexity index is 465. The van der Waals surface area contributed by atoms with Gasteiger partial charge in [0, 0.05) is 24.2 Å². The van der Waals surface area contributed by atoms with Crippen LogP contribution in [-0.2, 0) is 12.8 Å². The summed E-state index contributed by atoms with van der Waals surface area (Å²) in [5.74, 6) is 0. The van der Waals surface area contributed by atoms with Gasteiger partial charge in [-0.05, 0) is 42.5 Å². The van der Waals surface area contributed by atoms with Crippen molar-refractivity contribution < 1.29 is 0 Å². The summed E-state index contributed by atoms with van der Waals surface area (Å²) < 4.78 is 0. The van der Waals surface area contributed by atoms with Crippen LogP contribution in [0.1, 0.15) is 10.4 Å². The summed E-state index contributed by atoms with van der Waals surface area (Å²) in [6, 6.07) is 12.8. The molecule has 0 bridgehead atoms. The zero-order valence-corrected chi connectivity index (χ0v) is 11.6. The third-order valence-corrected chi connectivity index (χ3v) is 4.03. The number of benzene rings is 1. The Kier molecular flexibility index (Phi) is 4.79. The van der Waals surface area contributed by atoms with E-state index in [-0.39, 0.29) is 0 Å². The second-order valence-corrected chi connectivity index (χ2v) is 5.45. The molecule has 0 saturated heterocycles. The summed E-state index contributed by atoms with van der Waals surface area (Å²) >= 11 is 1.83. The van der Waals surface area contributed by atoms with Crippen LogP contribution in [0.2, 0.25) is 0 Å². The first-order valence-corrected chi connectivity index (χ1v) is 7.20. The zero-order valence-electron chi connectivity index (χ0n) is 10.8. The second kappa shape index (κ2) is 6.57. The Labute approximate surface area is 113 Å². The average Bonchev–Trinajstić information content (AvgIpc) is 2.90. The minimum Gasteiger partial charge on any atom is -0.374 e. The molecule has 2 aromatic rings. The van der Waals surface area contributed by atoms with Crippen LogP contribution in [0.3, 0.4) is 0 Å². The van der Waals surface area contributed by atoms with E-state index in [4.69, 9.17) is 5.73 Å². The lowest BCUT2D eigenvalue weighted by atomic mass is 10.1. The van der Waals surface area contributed by atoms with Gasteiger partial charge in [0.2, 0.25) is 0 Å². The fourth-order valence-corrected chi connectivity index (χ4v) is 2.80. The molecule has 0 atom stereocenters. The van der Waals surface area contributed by atoms with Crippen LogP contribution in [0.15, 0.2) is 41.8 Å². The van der Waals surface area contributed by atoms with Gasteiger partial charge in [-0.25, -0.2) is 0 Å². The first-order chi connectivity index (χ1) is 8.81. The molecule has 96 valence electrons. The molecule has 2 rings (SSSR count). The highest BCUT2D eigenvalue weighted by Gasteiger charge is 2.06. The Balaban J connectivity index is 2.01. The highest BCUT2D eigenvalue weighted by molar-refractivity contribution is 7.09. The van der Waals surface area contributed by atoms with E-state index in [2.05, 4.69) is 53.7 Å². The van der Waals surface area contributed by atoms with Crippen LogP contribution < -0.4 is 10.6 Å². The van der Waals surface area contributed by atoms with Crippen molar-refractivity contribution in [2.75, 3.05) is 25.0 Å². The van der Waals surface area contributed by atoms with E-state index in [1.807, 2.05) is 11.3 Å². The van der Waals surface area contributed by atoms with Gasteiger partial charge >= 0.3 is 0 Å². The van der Waals surface area contributed by atoms with Gasteiger partial charge in [0.25, 0.3) is 0 Å². The van der Waals surface area contributed by atoms with E-state index in [9.17, 15) is 0 Å². The minimum absolute atomic E-state index is 0.704. The van der Waals surface area contributed by atoms with E-state index < -0.39 is 0 Å². The third-order valence-electron chi connectivity index (χ3n) is 3.09. The molecule has 0 aliphatic rings. The van der Waals surface area contributed by atoms with Crippen molar-refractivity contribution in [1.29, 1.82) is 0 Å². The minimum atomic E-state index is 0.704. The summed E-state index contributed by atoms with van der Waals surface area (Å²) in [4.78, 5) is 3.77. The predicted molar refractivity (Wildman–Crippen MR) is 80.5 cm³/mol. The Morgan fingerprint density at radius 3 is 2.67 bits per heavy atom. The number of nitrogens with zero attached hydrogens (tertiary/aromatic N) is 1. The van der Waals surface area contributed by atoms with Crippen LogP contribution in [0, 0.1) is 0 Å². The summed E-state index contributed by atoms with van der Waals surface area (Å²) in [6.45, 7) is 1.75. The van der Waals surface area contributed by atoms with E-state index in [0.29, 0.717) is 6.54 Å². The molecule has 1 heterocycles. The van der Waals surface area contributed by atoms with Crippen molar-refractivity contribution in [2.24, 2.45) is 5.73 Å². The maximum absolute atomic E-state index is 5.66. The van der Waals surface area contributed by atoms with Gasteiger partial charge in [-0.15, -0.1) is 11.3 Å². The Morgan fingerprint density at radius 1 is 1.11 bits per heavy atom. The van der Waals surface area contributed by atoms with Gasteiger partial charge in [-0.3, -0.25) is 0 Å². The van der Waals surface area contributed by atoms with Crippen molar-refractivity contribution in [2.45, 2.75) is 12.8 Å². The molecule has 0 spiro atoms. The van der Waals surface area contributed by atoms with E-state index in [0.717, 1.165) is 19.4 Å². The topological polar surface area (TPSA) is 29.3 Å². The number of likely N-dealkylation sites (N-methyl/N-ethyl adjacent to an activating group) is 1. The number of nitrogens with two attached hydrogens (primary N) is 1. The molecule has 2 N–H and O–H groups in total. The van der Waals surface area contributed by atoms with E-state index in [1.54, 1.807) is 0 Å². The van der Waals surface area contributed by atoms with Crippen LogP contribution in [0.25, 0.3) is 0 Å². The standard InChI is InChI=1S/C15H20N2S/c1-17(11-9-14-6-4-12-18-14)15-7-3-2-5-13(15)8-10-16/h2-7,12H,8-11,16H2,1H3. The number of hydrogen-bond donors (Lipinski definition) is 1. The molecule has 0 fully saturated rings. The predicted octanol–water partition coefficient (Wildman–Crippen LogP) is 2.93. The Hall–Kier alpha value is -1.32. The fourth-order valence-electron chi connectivity index (χ4n) is 2.10. The van der Waals surface area contributed by atoms with Crippen LogP contribution >= 0.6 is 11.3 Å². The quantitative estimate of drug-likeness (QED) is 0.865. The van der Waals surface area contributed by atoms with Crippen molar-refractivity contribution in [3.63, 3.8) is 0 Å². The molecule has 0 radical (unpaired) electrons. The van der Waals surface area contributed by atoms with Gasteiger partial charge in [0.05, 0.1) is 0 Å². The number of para-hydroxylation sites is 1. The molecule has 1 aromatic heterocycles. The lowest BCUT2D eigenvalue weighted by Crippen LogP contribution is -2.22. The maximum atomic E-state index is 5.66. The number of thiophene rings is 1. The van der Waals surface area contributed by atoms with Crippen LogP contribution in [0.4, 0.5) is 5.69 Å². The molecule has 0 saturated carbocycles. The molecular formula is C15H20N2S. The van der Waals surface area contributed by atoms with Gasteiger partial charge in [0.1, 0.15) is 0 Å². The summed E-state index contributed by atoms with van der Waals surface area (Å²) in [5, 5.41) is 2.14. The molecule has 0 aliphatic heterocycles. The average molecular weight is 260 g/mol. The van der Waals surface area contributed by atoms with Gasteiger partial charge in [-0.2, -0.15) is 0 Å². The first kappa shape index (κ1) is 13.1. The smallest absolute Gasteiger partial charge is 0.0396 e. The molecule has 0 aliphatic carbocycles. The van der Waals surface area contributed by atoms with Crippen LogP contribution in [0.5, 0.6) is 0 Å². The van der Waals surface area contributed by atoms with Crippen LogP contribution in [-0.4, -0.2) is 20.1 Å². The lowest BCUT2D eigenvalue weighted by Gasteiger charge is -2.22. The van der Waals surface area contributed by atoms with Gasteiger partial charge in [0.15, 0.2) is 0 Å². The normalized spacial score (nSPS) is 10.6. The molecule has 0 amide bonds. The molecule has 2 nitrogen and oxygen atoms in total. The largest absolute Gasteiger partial charge is 0.374 e. The number of anilines is 1. The van der Waals surface area contributed by atoms with E-state index in [1.165, 1.54) is 16.1 Å². The fraction of sp³-hybridized carbons (Fsp3) is 0.333. The monoisotopic (exact) mass is 260 g/mol. The van der Waals surface area contributed by atoms with Gasteiger partial charge in [-0.1, -0.05) is 24.3 Å². The molecule has 0 unspecified atom stereocenters. The summed E-state index contributed by atoms with van der Waals surface area (Å²) in [7, 11) is 2.16. The van der Waals surface area contributed by atoms with Crippen molar-refractivity contribution in [3.8, 4) is 0 Å². The molecular weight excluding hydrogens is 240 g/mol. The van der Waals surface area contributed by atoms with Gasteiger partial charge < -0.3 is 10.6 Å². The maximum Gasteiger partial charge on any atom is 0.0396 e. The third kappa shape index (κ3) is 3.34. The molecule has 18 heavy (non-hydrogen) atoms. The molecule has 1 aromatic carbocycles. The summed E-state index contributed by atoms with van der Waals surface area (Å²) in [6.07, 6.45) is 2.05. The Morgan fingerprint density at radius 2 is 1.94 bits per heavy atom.